The van der Waals surface area contributed by atoms with Gasteiger partial charge in [-0.05, 0) is 37.1 Å². The molecule has 5 nitrogen and oxygen atoms in total. The van der Waals surface area contributed by atoms with Crippen molar-refractivity contribution in [2.45, 2.75) is 13.3 Å². The van der Waals surface area contributed by atoms with E-state index in [2.05, 4.69) is 15.3 Å². The van der Waals surface area contributed by atoms with Crippen molar-refractivity contribution in [2.24, 2.45) is 0 Å². The van der Waals surface area contributed by atoms with Crippen LogP contribution in [0.25, 0.3) is 10.9 Å². The highest BCUT2D eigenvalue weighted by atomic mass is 16.5. The van der Waals surface area contributed by atoms with Crippen LogP contribution in [0, 0.1) is 6.92 Å². The Bertz CT molecular complexity index is 860. The molecule has 122 valence electrons. The number of fused-ring (bicyclic) bond motifs is 1. The van der Waals surface area contributed by atoms with Crippen LogP contribution in [0.1, 0.15) is 21.9 Å². The molecule has 0 radical (unpaired) electrons. The Labute approximate surface area is 140 Å². The number of aryl methyl sites for hydroxylation is 1. The number of benzene rings is 2. The average Bonchev–Trinajstić information content (AvgIpc) is 2.61. The fraction of sp³-hybridized carbons (Fsp3) is 0.211. The first kappa shape index (κ1) is 15.9. The predicted octanol–water partition coefficient (Wildman–Crippen LogP) is 2.92. The molecule has 0 saturated carbocycles. The lowest BCUT2D eigenvalue weighted by molar-refractivity contribution is 0.0950. The second-order valence-electron chi connectivity index (χ2n) is 5.49. The molecule has 0 bridgehead atoms. The number of nitrogens with zero attached hydrogens (tertiary/aromatic N) is 2. The first-order valence-corrected chi connectivity index (χ1v) is 7.82. The zero-order valence-corrected chi connectivity index (χ0v) is 13.7. The molecule has 5 heteroatoms. The first-order valence-electron chi connectivity index (χ1n) is 7.82. The molecule has 1 aromatic heterocycles. The number of ether oxygens (including phenoxy) is 1. The van der Waals surface area contributed by atoms with Gasteiger partial charge in [-0.1, -0.05) is 30.3 Å². The number of aromatic nitrogens is 2. The van der Waals surface area contributed by atoms with E-state index in [1.165, 1.54) is 0 Å². The van der Waals surface area contributed by atoms with Gasteiger partial charge in [0.1, 0.15) is 17.3 Å². The number of nitrogens with one attached hydrogen (secondary N) is 1. The molecule has 24 heavy (non-hydrogen) atoms. The van der Waals surface area contributed by atoms with Crippen molar-refractivity contribution in [1.29, 1.82) is 0 Å². The third-order valence-electron chi connectivity index (χ3n) is 3.79. The maximum Gasteiger partial charge on any atom is 0.270 e. The molecule has 0 aliphatic rings. The number of rotatable bonds is 5. The molecule has 0 atom stereocenters. The summed E-state index contributed by atoms with van der Waals surface area (Å²) in [5.41, 5.74) is 2.35. The van der Waals surface area contributed by atoms with Gasteiger partial charge in [-0.15, -0.1) is 0 Å². The summed E-state index contributed by atoms with van der Waals surface area (Å²) >= 11 is 0. The number of methoxy groups -OCH3 is 1. The highest BCUT2D eigenvalue weighted by Gasteiger charge is 2.13. The summed E-state index contributed by atoms with van der Waals surface area (Å²) in [7, 11) is 1.64. The van der Waals surface area contributed by atoms with Crippen LogP contribution in [0.5, 0.6) is 5.75 Å². The van der Waals surface area contributed by atoms with Crippen LogP contribution < -0.4 is 10.1 Å². The number of para-hydroxylation sites is 1. The molecule has 3 aromatic rings. The molecular formula is C19H19N3O2. The highest BCUT2D eigenvalue weighted by molar-refractivity contribution is 6.04. The van der Waals surface area contributed by atoms with Crippen molar-refractivity contribution in [3.05, 3.63) is 65.6 Å². The third-order valence-corrected chi connectivity index (χ3v) is 3.79. The van der Waals surface area contributed by atoms with Crippen molar-refractivity contribution in [3.8, 4) is 5.75 Å². The maximum atomic E-state index is 12.5. The predicted molar refractivity (Wildman–Crippen MR) is 93.3 cm³/mol. The molecule has 1 amide bonds. The van der Waals surface area contributed by atoms with Crippen LogP contribution in [0.4, 0.5) is 0 Å². The Morgan fingerprint density at radius 1 is 1.08 bits per heavy atom. The lowest BCUT2D eigenvalue weighted by Gasteiger charge is -2.08. The van der Waals surface area contributed by atoms with Crippen LogP contribution in [0.3, 0.4) is 0 Å². The summed E-state index contributed by atoms with van der Waals surface area (Å²) in [6, 6.07) is 15.4. The second kappa shape index (κ2) is 7.08. The fourth-order valence-corrected chi connectivity index (χ4v) is 2.56. The van der Waals surface area contributed by atoms with E-state index in [4.69, 9.17) is 4.74 Å². The molecule has 0 fully saturated rings. The first-order chi connectivity index (χ1) is 11.7. The van der Waals surface area contributed by atoms with E-state index >= 15 is 0 Å². The molecule has 1 heterocycles. The van der Waals surface area contributed by atoms with Crippen LogP contribution in [0.15, 0.2) is 48.5 Å². The van der Waals surface area contributed by atoms with E-state index < -0.39 is 0 Å². The van der Waals surface area contributed by atoms with Gasteiger partial charge in [0.2, 0.25) is 0 Å². The Balaban J connectivity index is 1.69. The quantitative estimate of drug-likeness (QED) is 0.785. The lowest BCUT2D eigenvalue weighted by Crippen LogP contribution is -2.27. The highest BCUT2D eigenvalue weighted by Crippen LogP contribution is 2.15. The summed E-state index contributed by atoms with van der Waals surface area (Å²) in [6.07, 6.45) is 0.748. The SMILES string of the molecule is COc1ccc(CCNC(=O)c2nc(C)nc3ccccc23)cc1. The van der Waals surface area contributed by atoms with Gasteiger partial charge < -0.3 is 10.1 Å². The molecule has 3 rings (SSSR count). The van der Waals surface area contributed by atoms with Gasteiger partial charge in [0.15, 0.2) is 0 Å². The van der Waals surface area contributed by atoms with Gasteiger partial charge in [0, 0.05) is 11.9 Å². The molecule has 1 N–H and O–H groups in total. The van der Waals surface area contributed by atoms with Gasteiger partial charge >= 0.3 is 0 Å². The number of hydrogen-bond acceptors (Lipinski definition) is 4. The second-order valence-corrected chi connectivity index (χ2v) is 5.49. The van der Waals surface area contributed by atoms with Crippen LogP contribution in [-0.4, -0.2) is 29.5 Å². The van der Waals surface area contributed by atoms with Crippen molar-refractivity contribution in [2.75, 3.05) is 13.7 Å². The lowest BCUT2D eigenvalue weighted by atomic mass is 10.1. The van der Waals surface area contributed by atoms with Crippen molar-refractivity contribution in [1.82, 2.24) is 15.3 Å². The van der Waals surface area contributed by atoms with Gasteiger partial charge in [-0.2, -0.15) is 0 Å². The van der Waals surface area contributed by atoms with E-state index in [0.29, 0.717) is 18.1 Å². The topological polar surface area (TPSA) is 64.1 Å². The van der Waals surface area contributed by atoms with Crippen LogP contribution in [0.2, 0.25) is 0 Å². The van der Waals surface area contributed by atoms with E-state index in [9.17, 15) is 4.79 Å². The van der Waals surface area contributed by atoms with Crippen molar-refractivity contribution in [3.63, 3.8) is 0 Å². The molecule has 0 saturated heterocycles. The van der Waals surface area contributed by atoms with Gasteiger partial charge in [-0.3, -0.25) is 4.79 Å². The minimum absolute atomic E-state index is 0.176. The smallest absolute Gasteiger partial charge is 0.270 e. The van der Waals surface area contributed by atoms with E-state index in [1.807, 2.05) is 48.5 Å². The Hall–Kier alpha value is -2.95. The normalized spacial score (nSPS) is 10.6. The molecule has 0 aliphatic carbocycles. The average molecular weight is 321 g/mol. The number of carbonyl (C=O) groups excluding carboxylic acids is 1. The van der Waals surface area contributed by atoms with E-state index in [-0.39, 0.29) is 5.91 Å². The molecule has 0 spiro atoms. The minimum atomic E-state index is -0.176. The molecule has 2 aromatic carbocycles. The Morgan fingerprint density at radius 3 is 2.58 bits per heavy atom. The summed E-state index contributed by atoms with van der Waals surface area (Å²) in [5, 5.41) is 3.70. The van der Waals surface area contributed by atoms with Gasteiger partial charge in [0.05, 0.1) is 12.6 Å². The number of carbonyl (C=O) groups is 1. The Kier molecular flexibility index (Phi) is 4.70. The largest absolute Gasteiger partial charge is 0.497 e. The zero-order chi connectivity index (χ0) is 16.9. The summed E-state index contributed by atoms with van der Waals surface area (Å²) in [5.74, 6) is 1.24. The van der Waals surface area contributed by atoms with E-state index in [0.717, 1.165) is 28.6 Å². The fourth-order valence-electron chi connectivity index (χ4n) is 2.56. The zero-order valence-electron chi connectivity index (χ0n) is 13.7. The Morgan fingerprint density at radius 2 is 1.83 bits per heavy atom. The minimum Gasteiger partial charge on any atom is -0.497 e. The van der Waals surface area contributed by atoms with Crippen molar-refractivity contribution >= 4 is 16.8 Å². The third kappa shape index (κ3) is 3.51. The number of amides is 1. The molecule has 0 aliphatic heterocycles. The summed E-state index contributed by atoms with van der Waals surface area (Å²) < 4.78 is 5.14. The summed E-state index contributed by atoms with van der Waals surface area (Å²) in [4.78, 5) is 21.1. The van der Waals surface area contributed by atoms with Crippen LogP contribution >= 0.6 is 0 Å². The standard InChI is InChI=1S/C19H19N3O2/c1-13-21-17-6-4-3-5-16(17)18(22-13)19(23)20-12-11-14-7-9-15(24-2)10-8-14/h3-10H,11-12H2,1-2H3,(H,20,23). The van der Waals surface area contributed by atoms with E-state index in [1.54, 1.807) is 14.0 Å². The monoisotopic (exact) mass is 321 g/mol. The summed E-state index contributed by atoms with van der Waals surface area (Å²) in [6.45, 7) is 2.34. The maximum absolute atomic E-state index is 12.5. The molecular weight excluding hydrogens is 302 g/mol. The van der Waals surface area contributed by atoms with Crippen LogP contribution in [-0.2, 0) is 6.42 Å². The van der Waals surface area contributed by atoms with Gasteiger partial charge in [-0.25, -0.2) is 9.97 Å². The number of hydrogen-bond donors (Lipinski definition) is 1. The van der Waals surface area contributed by atoms with Gasteiger partial charge in [0.25, 0.3) is 5.91 Å². The molecule has 0 unspecified atom stereocenters. The van der Waals surface area contributed by atoms with Crippen molar-refractivity contribution < 1.29 is 9.53 Å².